The van der Waals surface area contributed by atoms with Crippen molar-refractivity contribution in [2.24, 2.45) is 7.05 Å². The molecule has 2 heteroatoms. The molecule has 0 aliphatic rings. The lowest BCUT2D eigenvalue weighted by atomic mass is 10.1. The maximum atomic E-state index is 3.37. The van der Waals surface area contributed by atoms with Gasteiger partial charge in [-0.2, -0.15) is 0 Å². The van der Waals surface area contributed by atoms with Crippen molar-refractivity contribution in [3.63, 3.8) is 0 Å². The molecule has 0 atom stereocenters. The standard InChI is InChI=1S/C13H14N2/c1-8-6-10-11-7-9(2)15(3)13(11)5-4-12(10)14-8/h4-7,14H,1-3H3. The van der Waals surface area contributed by atoms with E-state index in [1.165, 1.54) is 33.2 Å². The first-order valence-electron chi connectivity index (χ1n) is 5.21. The fourth-order valence-corrected chi connectivity index (χ4v) is 2.29. The predicted molar refractivity (Wildman–Crippen MR) is 64.2 cm³/mol. The first kappa shape index (κ1) is 8.60. The lowest BCUT2D eigenvalue weighted by Crippen LogP contribution is -1.88. The fourth-order valence-electron chi connectivity index (χ4n) is 2.29. The zero-order valence-corrected chi connectivity index (χ0v) is 9.26. The number of aryl methyl sites for hydroxylation is 3. The molecule has 0 saturated heterocycles. The quantitative estimate of drug-likeness (QED) is 0.572. The molecule has 0 radical (unpaired) electrons. The van der Waals surface area contributed by atoms with Crippen LogP contribution in [0, 0.1) is 13.8 Å². The number of fused-ring (bicyclic) bond motifs is 3. The zero-order chi connectivity index (χ0) is 10.6. The summed E-state index contributed by atoms with van der Waals surface area (Å²) in [5, 5.41) is 2.67. The lowest BCUT2D eigenvalue weighted by molar-refractivity contribution is 0.918. The number of rotatable bonds is 0. The van der Waals surface area contributed by atoms with E-state index in [9.17, 15) is 0 Å². The third kappa shape index (κ3) is 1.05. The maximum absolute atomic E-state index is 3.37. The van der Waals surface area contributed by atoms with Crippen LogP contribution in [0.5, 0.6) is 0 Å². The number of H-pyrrole nitrogens is 1. The van der Waals surface area contributed by atoms with Crippen LogP contribution in [0.15, 0.2) is 24.3 Å². The van der Waals surface area contributed by atoms with Crippen LogP contribution in [0.1, 0.15) is 11.4 Å². The normalized spacial score (nSPS) is 11.7. The van der Waals surface area contributed by atoms with Crippen LogP contribution in [-0.4, -0.2) is 9.55 Å². The second-order valence-corrected chi connectivity index (χ2v) is 4.26. The molecule has 0 unspecified atom stereocenters. The van der Waals surface area contributed by atoms with Crippen molar-refractivity contribution in [3.05, 3.63) is 35.7 Å². The summed E-state index contributed by atoms with van der Waals surface area (Å²) in [4.78, 5) is 3.37. The molecule has 3 rings (SSSR count). The molecule has 0 bridgehead atoms. The second-order valence-electron chi connectivity index (χ2n) is 4.26. The van der Waals surface area contributed by atoms with Crippen LogP contribution >= 0.6 is 0 Å². The Hall–Kier alpha value is -1.70. The molecule has 0 spiro atoms. The third-order valence-electron chi connectivity index (χ3n) is 3.20. The molecule has 0 amide bonds. The van der Waals surface area contributed by atoms with Gasteiger partial charge in [-0.15, -0.1) is 0 Å². The smallest absolute Gasteiger partial charge is 0.0487 e. The highest BCUT2D eigenvalue weighted by atomic mass is 14.9. The van der Waals surface area contributed by atoms with Crippen LogP contribution in [-0.2, 0) is 7.05 Å². The molecular weight excluding hydrogens is 184 g/mol. The van der Waals surface area contributed by atoms with Gasteiger partial charge in [-0.05, 0) is 38.1 Å². The SMILES string of the molecule is Cc1cc2c(ccc3c2cc(C)n3C)[nH]1. The fraction of sp³-hybridized carbons (Fsp3) is 0.231. The van der Waals surface area contributed by atoms with Crippen LogP contribution in [0.25, 0.3) is 21.8 Å². The van der Waals surface area contributed by atoms with E-state index in [2.05, 4.69) is 54.7 Å². The van der Waals surface area contributed by atoms with Crippen molar-refractivity contribution in [1.29, 1.82) is 0 Å². The number of hydrogen-bond acceptors (Lipinski definition) is 0. The van der Waals surface area contributed by atoms with Gasteiger partial charge in [-0.1, -0.05) is 0 Å². The summed E-state index contributed by atoms with van der Waals surface area (Å²) in [5.74, 6) is 0. The summed E-state index contributed by atoms with van der Waals surface area (Å²) >= 11 is 0. The minimum atomic E-state index is 1.22. The Morgan fingerprint density at radius 2 is 1.87 bits per heavy atom. The first-order chi connectivity index (χ1) is 7.16. The molecule has 2 nitrogen and oxygen atoms in total. The van der Waals surface area contributed by atoms with E-state index in [1.807, 2.05) is 0 Å². The van der Waals surface area contributed by atoms with E-state index in [0.29, 0.717) is 0 Å². The lowest BCUT2D eigenvalue weighted by Gasteiger charge is -1.98. The molecule has 76 valence electrons. The number of nitrogens with one attached hydrogen (secondary N) is 1. The Balaban J connectivity index is 2.59. The van der Waals surface area contributed by atoms with Crippen LogP contribution < -0.4 is 0 Å². The van der Waals surface area contributed by atoms with Crippen molar-refractivity contribution in [2.75, 3.05) is 0 Å². The summed E-state index contributed by atoms with van der Waals surface area (Å²) in [6, 6.07) is 8.81. The van der Waals surface area contributed by atoms with Crippen LogP contribution in [0.4, 0.5) is 0 Å². The Labute approximate surface area is 88.5 Å². The molecule has 2 aromatic heterocycles. The van der Waals surface area contributed by atoms with Crippen molar-refractivity contribution < 1.29 is 0 Å². The average Bonchev–Trinajstić information content (AvgIpc) is 2.69. The molecule has 2 heterocycles. The zero-order valence-electron chi connectivity index (χ0n) is 9.26. The third-order valence-corrected chi connectivity index (χ3v) is 3.20. The van der Waals surface area contributed by atoms with Crippen LogP contribution in [0.3, 0.4) is 0 Å². The molecule has 0 fully saturated rings. The van der Waals surface area contributed by atoms with Gasteiger partial charge in [0.2, 0.25) is 0 Å². The van der Waals surface area contributed by atoms with Gasteiger partial charge in [-0.3, -0.25) is 0 Å². The van der Waals surface area contributed by atoms with E-state index in [1.54, 1.807) is 0 Å². The minimum absolute atomic E-state index is 1.22. The summed E-state index contributed by atoms with van der Waals surface area (Å²) < 4.78 is 2.23. The summed E-state index contributed by atoms with van der Waals surface area (Å²) in [7, 11) is 2.11. The first-order valence-corrected chi connectivity index (χ1v) is 5.21. The predicted octanol–water partition coefficient (Wildman–Crippen LogP) is 3.28. The largest absolute Gasteiger partial charge is 0.359 e. The number of aromatic nitrogens is 2. The Morgan fingerprint density at radius 3 is 2.67 bits per heavy atom. The number of hydrogen-bond donors (Lipinski definition) is 1. The van der Waals surface area contributed by atoms with Gasteiger partial charge in [0.15, 0.2) is 0 Å². The summed E-state index contributed by atoms with van der Waals surface area (Å²) in [6.45, 7) is 4.24. The molecule has 1 N–H and O–H groups in total. The van der Waals surface area contributed by atoms with E-state index in [4.69, 9.17) is 0 Å². The molecule has 0 saturated carbocycles. The number of nitrogens with zero attached hydrogens (tertiary/aromatic N) is 1. The number of benzene rings is 1. The van der Waals surface area contributed by atoms with Crippen molar-refractivity contribution in [2.45, 2.75) is 13.8 Å². The van der Waals surface area contributed by atoms with Gasteiger partial charge < -0.3 is 9.55 Å². The molecule has 15 heavy (non-hydrogen) atoms. The Kier molecular flexibility index (Phi) is 1.52. The summed E-state index contributed by atoms with van der Waals surface area (Å²) in [6.07, 6.45) is 0. The second kappa shape index (κ2) is 2.66. The molecule has 0 aliphatic heterocycles. The van der Waals surface area contributed by atoms with Gasteiger partial charge in [0, 0.05) is 40.2 Å². The molecule has 0 aliphatic carbocycles. The Bertz CT molecular complexity index is 656. The van der Waals surface area contributed by atoms with Crippen molar-refractivity contribution >= 4 is 21.8 Å². The monoisotopic (exact) mass is 198 g/mol. The summed E-state index contributed by atoms with van der Waals surface area (Å²) in [5.41, 5.74) is 5.06. The van der Waals surface area contributed by atoms with Gasteiger partial charge in [0.25, 0.3) is 0 Å². The topological polar surface area (TPSA) is 20.7 Å². The highest BCUT2D eigenvalue weighted by molar-refractivity contribution is 6.06. The maximum Gasteiger partial charge on any atom is 0.0487 e. The van der Waals surface area contributed by atoms with E-state index in [0.717, 1.165) is 0 Å². The average molecular weight is 198 g/mol. The van der Waals surface area contributed by atoms with Crippen molar-refractivity contribution in [3.8, 4) is 0 Å². The molecule has 1 aromatic carbocycles. The van der Waals surface area contributed by atoms with E-state index >= 15 is 0 Å². The number of aromatic amines is 1. The Morgan fingerprint density at radius 1 is 1.07 bits per heavy atom. The van der Waals surface area contributed by atoms with Gasteiger partial charge in [0.1, 0.15) is 0 Å². The van der Waals surface area contributed by atoms with E-state index in [-0.39, 0.29) is 0 Å². The highest BCUT2D eigenvalue weighted by Crippen LogP contribution is 2.27. The minimum Gasteiger partial charge on any atom is -0.359 e. The van der Waals surface area contributed by atoms with Crippen LogP contribution in [0.2, 0.25) is 0 Å². The van der Waals surface area contributed by atoms with E-state index < -0.39 is 0 Å². The van der Waals surface area contributed by atoms with Gasteiger partial charge in [0.05, 0.1) is 0 Å². The van der Waals surface area contributed by atoms with Gasteiger partial charge >= 0.3 is 0 Å². The highest BCUT2D eigenvalue weighted by Gasteiger charge is 2.07. The van der Waals surface area contributed by atoms with Gasteiger partial charge in [-0.25, -0.2) is 0 Å². The molecular formula is C13H14N2. The van der Waals surface area contributed by atoms with Crippen molar-refractivity contribution in [1.82, 2.24) is 9.55 Å². The molecule has 3 aromatic rings.